The summed E-state index contributed by atoms with van der Waals surface area (Å²) in [5.41, 5.74) is 0.558. The van der Waals surface area contributed by atoms with Gasteiger partial charge in [-0.15, -0.1) is 0 Å². The van der Waals surface area contributed by atoms with Crippen molar-refractivity contribution >= 4 is 17.5 Å². The first-order valence-corrected chi connectivity index (χ1v) is 11.3. The van der Waals surface area contributed by atoms with Gasteiger partial charge in [0.25, 0.3) is 11.8 Å². The fourth-order valence-electron chi connectivity index (χ4n) is 3.20. The van der Waals surface area contributed by atoms with Crippen molar-refractivity contribution in [1.29, 1.82) is 0 Å². The molecule has 13 heteroatoms. The Labute approximate surface area is 211 Å². The van der Waals surface area contributed by atoms with Gasteiger partial charge in [-0.3, -0.25) is 14.3 Å². The maximum Gasteiger partial charge on any atom is 0.278 e. The molecule has 0 aliphatic heterocycles. The molecule has 37 heavy (non-hydrogen) atoms. The summed E-state index contributed by atoms with van der Waals surface area (Å²) in [6.07, 6.45) is 4.43. The summed E-state index contributed by atoms with van der Waals surface area (Å²) in [5.74, 6) is 0.645. The third kappa shape index (κ3) is 6.52. The average molecular weight is 508 g/mol. The molecule has 1 aromatic carbocycles. The predicted molar refractivity (Wildman–Crippen MR) is 130 cm³/mol. The second kappa shape index (κ2) is 11.4. The summed E-state index contributed by atoms with van der Waals surface area (Å²) in [4.78, 5) is 37.1. The van der Waals surface area contributed by atoms with Crippen LogP contribution in [0.15, 0.2) is 47.4 Å². The van der Waals surface area contributed by atoms with Crippen molar-refractivity contribution in [2.75, 3.05) is 19.0 Å². The topological polar surface area (TPSA) is 156 Å². The average Bonchev–Trinajstić information content (AvgIpc) is 3.53. The monoisotopic (exact) mass is 507 g/mol. The van der Waals surface area contributed by atoms with Crippen LogP contribution in [0.25, 0.3) is 11.6 Å². The van der Waals surface area contributed by atoms with Crippen LogP contribution in [-0.4, -0.2) is 61.4 Å². The standard InChI is InChI=1S/C24H25N7O6/c1-5-19(32)22-28-24(37-30-22)18-11-26-21(12-25-18)36-17-9-15(8-16(10-17)35-14(2)13-34-4)23(33)27-20-6-7-31(3)29-20/h6-12,14H,5,13H2,1-4H3,(H,27,29,33)/t14-/m0/s1. The van der Waals surface area contributed by atoms with Gasteiger partial charge in [0, 0.05) is 44.5 Å². The number of hydrogen-bond acceptors (Lipinski definition) is 11. The van der Waals surface area contributed by atoms with Crippen LogP contribution in [0.3, 0.4) is 0 Å². The predicted octanol–water partition coefficient (Wildman–Crippen LogP) is 3.31. The number of amides is 1. The van der Waals surface area contributed by atoms with Gasteiger partial charge in [0.05, 0.1) is 19.0 Å². The van der Waals surface area contributed by atoms with Gasteiger partial charge < -0.3 is 24.1 Å². The summed E-state index contributed by atoms with van der Waals surface area (Å²) >= 11 is 0. The van der Waals surface area contributed by atoms with Crippen molar-refractivity contribution in [3.63, 3.8) is 0 Å². The molecule has 1 N–H and O–H groups in total. The number of methoxy groups -OCH3 is 1. The molecule has 0 radical (unpaired) electrons. The lowest BCUT2D eigenvalue weighted by Crippen LogP contribution is -2.18. The lowest BCUT2D eigenvalue weighted by atomic mass is 10.2. The molecule has 3 heterocycles. The molecule has 0 aliphatic carbocycles. The molecule has 0 bridgehead atoms. The number of Topliss-reactive ketones (excluding diaryl/α,β-unsaturated/α-hetero) is 1. The molecule has 0 aliphatic rings. The SMILES string of the molecule is CCC(=O)c1noc(-c2cnc(Oc3cc(O[C@@H](C)COC)cc(C(=O)Nc4ccn(C)n4)c3)cn2)n1. The smallest absolute Gasteiger partial charge is 0.278 e. The lowest BCUT2D eigenvalue weighted by Gasteiger charge is -2.16. The molecular formula is C24H25N7O6. The first kappa shape index (κ1) is 25.4. The van der Waals surface area contributed by atoms with Crippen molar-refractivity contribution < 1.29 is 28.3 Å². The van der Waals surface area contributed by atoms with E-state index >= 15 is 0 Å². The molecule has 0 spiro atoms. The normalized spacial score (nSPS) is 11.7. The summed E-state index contributed by atoms with van der Waals surface area (Å²) in [6, 6.07) is 6.44. The van der Waals surface area contributed by atoms with Crippen LogP contribution in [0, 0.1) is 0 Å². The highest BCUT2D eigenvalue weighted by molar-refractivity contribution is 6.04. The number of benzene rings is 1. The Kier molecular flexibility index (Phi) is 7.83. The lowest BCUT2D eigenvalue weighted by molar-refractivity contribution is 0.0915. The van der Waals surface area contributed by atoms with Gasteiger partial charge in [0.1, 0.15) is 23.3 Å². The summed E-state index contributed by atoms with van der Waals surface area (Å²) in [5, 5.41) is 10.6. The van der Waals surface area contributed by atoms with E-state index in [1.165, 1.54) is 12.4 Å². The maximum atomic E-state index is 12.9. The van der Waals surface area contributed by atoms with Gasteiger partial charge in [-0.05, 0) is 19.1 Å². The molecule has 0 saturated heterocycles. The van der Waals surface area contributed by atoms with Gasteiger partial charge in [0.15, 0.2) is 5.82 Å². The number of nitrogens with zero attached hydrogens (tertiary/aromatic N) is 6. The Morgan fingerprint density at radius 1 is 1.16 bits per heavy atom. The molecular weight excluding hydrogens is 482 g/mol. The number of aromatic nitrogens is 6. The first-order valence-electron chi connectivity index (χ1n) is 11.3. The van der Waals surface area contributed by atoms with Gasteiger partial charge in [-0.1, -0.05) is 12.1 Å². The van der Waals surface area contributed by atoms with Crippen LogP contribution < -0.4 is 14.8 Å². The second-order valence-electron chi connectivity index (χ2n) is 7.95. The van der Waals surface area contributed by atoms with E-state index in [1.54, 1.807) is 56.2 Å². The van der Waals surface area contributed by atoms with Crippen LogP contribution in [-0.2, 0) is 11.8 Å². The number of ether oxygens (including phenoxy) is 3. The van der Waals surface area contributed by atoms with Crippen LogP contribution in [0.4, 0.5) is 5.82 Å². The molecule has 1 amide bonds. The molecule has 1 atom stereocenters. The Morgan fingerprint density at radius 2 is 1.97 bits per heavy atom. The van der Waals surface area contributed by atoms with E-state index in [1.807, 2.05) is 6.92 Å². The maximum absolute atomic E-state index is 12.9. The molecule has 3 aromatic heterocycles. The zero-order chi connectivity index (χ0) is 26.4. The highest BCUT2D eigenvalue weighted by Gasteiger charge is 2.17. The van der Waals surface area contributed by atoms with E-state index in [0.717, 1.165) is 0 Å². The van der Waals surface area contributed by atoms with E-state index in [9.17, 15) is 9.59 Å². The van der Waals surface area contributed by atoms with E-state index in [4.69, 9.17) is 18.7 Å². The Hall–Kier alpha value is -4.65. The first-order chi connectivity index (χ1) is 17.8. The molecule has 0 fully saturated rings. The Balaban J connectivity index is 1.55. The van der Waals surface area contributed by atoms with Crippen LogP contribution in [0.5, 0.6) is 17.4 Å². The molecule has 192 valence electrons. The zero-order valence-corrected chi connectivity index (χ0v) is 20.7. The number of nitrogens with one attached hydrogen (secondary N) is 1. The largest absolute Gasteiger partial charge is 0.488 e. The number of carbonyl (C=O) groups is 2. The van der Waals surface area contributed by atoms with Crippen molar-refractivity contribution in [3.8, 4) is 29.0 Å². The summed E-state index contributed by atoms with van der Waals surface area (Å²) < 4.78 is 23.5. The van der Waals surface area contributed by atoms with Crippen molar-refractivity contribution in [3.05, 3.63) is 54.2 Å². The van der Waals surface area contributed by atoms with E-state index in [-0.39, 0.29) is 47.2 Å². The molecule has 0 saturated carbocycles. The van der Waals surface area contributed by atoms with Crippen molar-refractivity contribution in [1.82, 2.24) is 29.9 Å². The highest BCUT2D eigenvalue weighted by atomic mass is 16.5. The number of ketones is 1. The second-order valence-corrected chi connectivity index (χ2v) is 7.95. The summed E-state index contributed by atoms with van der Waals surface area (Å²) in [7, 11) is 3.33. The minimum Gasteiger partial charge on any atom is -0.488 e. The Morgan fingerprint density at radius 3 is 2.65 bits per heavy atom. The number of rotatable bonds is 11. The quantitative estimate of drug-likeness (QED) is 0.297. The van der Waals surface area contributed by atoms with Crippen molar-refractivity contribution in [2.45, 2.75) is 26.4 Å². The number of aryl methyl sites for hydroxylation is 1. The van der Waals surface area contributed by atoms with Gasteiger partial charge in [-0.2, -0.15) is 10.1 Å². The van der Waals surface area contributed by atoms with E-state index in [2.05, 4.69) is 30.5 Å². The minimum absolute atomic E-state index is 0.0179. The van der Waals surface area contributed by atoms with E-state index < -0.39 is 5.91 Å². The van der Waals surface area contributed by atoms with Crippen LogP contribution in [0.2, 0.25) is 0 Å². The van der Waals surface area contributed by atoms with Gasteiger partial charge in [-0.25, -0.2) is 9.97 Å². The van der Waals surface area contributed by atoms with Gasteiger partial charge >= 0.3 is 0 Å². The minimum atomic E-state index is -0.399. The molecule has 13 nitrogen and oxygen atoms in total. The third-order valence-electron chi connectivity index (χ3n) is 4.90. The van der Waals surface area contributed by atoms with Crippen LogP contribution >= 0.6 is 0 Å². The number of hydrogen-bond donors (Lipinski definition) is 1. The fraction of sp³-hybridized carbons (Fsp3) is 0.292. The van der Waals surface area contributed by atoms with Crippen molar-refractivity contribution in [2.24, 2.45) is 7.05 Å². The molecule has 4 rings (SSSR count). The van der Waals surface area contributed by atoms with Crippen LogP contribution in [0.1, 0.15) is 41.2 Å². The zero-order valence-electron chi connectivity index (χ0n) is 20.7. The highest BCUT2D eigenvalue weighted by Crippen LogP contribution is 2.28. The fourth-order valence-corrected chi connectivity index (χ4v) is 3.20. The third-order valence-corrected chi connectivity index (χ3v) is 4.90. The molecule has 0 unspecified atom stereocenters. The van der Waals surface area contributed by atoms with E-state index in [0.29, 0.717) is 23.9 Å². The van der Waals surface area contributed by atoms with Gasteiger partial charge in [0.2, 0.25) is 17.5 Å². The summed E-state index contributed by atoms with van der Waals surface area (Å²) in [6.45, 7) is 3.90. The number of anilines is 1. The number of carbonyl (C=O) groups excluding carboxylic acids is 2. The molecule has 4 aromatic rings. The Bertz CT molecular complexity index is 1380.